The fourth-order valence-electron chi connectivity index (χ4n) is 3.94. The molecule has 1 aliphatic rings. The van der Waals surface area contributed by atoms with E-state index in [9.17, 15) is 0 Å². The topological polar surface area (TPSA) is 33.5 Å². The molecular weight excluding hydrogens is 384 g/mol. The lowest BCUT2D eigenvalue weighted by Crippen LogP contribution is -2.33. The van der Waals surface area contributed by atoms with E-state index < -0.39 is 0 Å². The molecule has 0 saturated carbocycles. The van der Waals surface area contributed by atoms with Crippen LogP contribution in [-0.2, 0) is 6.54 Å². The predicted molar refractivity (Wildman–Crippen MR) is 118 cm³/mol. The highest BCUT2D eigenvalue weighted by Crippen LogP contribution is 2.31. The first-order valence-electron chi connectivity index (χ1n) is 9.92. The van der Waals surface area contributed by atoms with Crippen molar-refractivity contribution in [2.75, 3.05) is 34.3 Å². The largest absolute Gasteiger partial charge is 0.497 e. The van der Waals surface area contributed by atoms with Crippen molar-refractivity contribution < 1.29 is 4.74 Å². The number of ether oxygens (including phenoxy) is 1. The number of rotatable bonds is 6. The molecule has 0 bridgehead atoms. The Morgan fingerprint density at radius 2 is 1.93 bits per heavy atom. The van der Waals surface area contributed by atoms with Gasteiger partial charge in [-0.1, -0.05) is 29.8 Å². The van der Waals surface area contributed by atoms with Crippen LogP contribution in [0.3, 0.4) is 0 Å². The van der Waals surface area contributed by atoms with Crippen molar-refractivity contribution in [3.63, 3.8) is 0 Å². The Hall–Kier alpha value is -2.34. The van der Waals surface area contributed by atoms with Crippen LogP contribution in [0.2, 0.25) is 5.02 Å². The highest BCUT2D eigenvalue weighted by molar-refractivity contribution is 6.33. The third kappa shape index (κ3) is 4.32. The summed E-state index contributed by atoms with van der Waals surface area (Å²) in [6, 6.07) is 16.4. The maximum absolute atomic E-state index is 6.52. The van der Waals surface area contributed by atoms with E-state index in [-0.39, 0.29) is 0 Å². The second kappa shape index (κ2) is 8.57. The van der Waals surface area contributed by atoms with Gasteiger partial charge in [-0.15, -0.1) is 0 Å². The maximum atomic E-state index is 6.52. The van der Waals surface area contributed by atoms with Gasteiger partial charge < -0.3 is 9.64 Å². The molecule has 1 aliphatic heterocycles. The van der Waals surface area contributed by atoms with Gasteiger partial charge in [-0.25, -0.2) is 4.68 Å². The number of halogens is 1. The van der Waals surface area contributed by atoms with Crippen molar-refractivity contribution in [1.29, 1.82) is 0 Å². The molecule has 0 radical (unpaired) electrons. The van der Waals surface area contributed by atoms with Crippen molar-refractivity contribution >= 4 is 11.6 Å². The lowest BCUT2D eigenvalue weighted by Gasteiger charge is -2.24. The average Bonchev–Trinajstić information content (AvgIpc) is 3.35. The summed E-state index contributed by atoms with van der Waals surface area (Å²) in [7, 11) is 6.06. The van der Waals surface area contributed by atoms with Crippen LogP contribution in [0.4, 0.5) is 0 Å². The van der Waals surface area contributed by atoms with Gasteiger partial charge >= 0.3 is 0 Å². The first-order chi connectivity index (χ1) is 14.0. The molecule has 6 heteroatoms. The van der Waals surface area contributed by atoms with Gasteiger partial charge in [-0.3, -0.25) is 4.90 Å². The Bertz CT molecular complexity index is 969. The molecule has 4 rings (SSSR count). The van der Waals surface area contributed by atoms with Crippen molar-refractivity contribution in [1.82, 2.24) is 19.6 Å². The number of likely N-dealkylation sites (N-methyl/N-ethyl adjacent to an activating group) is 2. The Kier molecular flexibility index (Phi) is 5.90. The van der Waals surface area contributed by atoms with Crippen LogP contribution in [0.5, 0.6) is 5.75 Å². The molecule has 0 amide bonds. The standard InChI is InChI=1S/C23H27ClN4O/c1-26-13-12-19(16-26)27(2)14-17-15-28(18-8-10-20(29-3)11-9-18)25-23(17)21-6-4-5-7-22(21)24/h4-11,15,19H,12-14,16H2,1-3H3/t19-/m0/s1. The minimum atomic E-state index is 0.559. The molecule has 1 atom stereocenters. The zero-order valence-corrected chi connectivity index (χ0v) is 17.9. The minimum absolute atomic E-state index is 0.559. The van der Waals surface area contributed by atoms with Gasteiger partial charge in [-0.2, -0.15) is 5.10 Å². The summed E-state index contributed by atoms with van der Waals surface area (Å²) in [5.74, 6) is 0.831. The zero-order chi connectivity index (χ0) is 20.4. The number of hydrogen-bond donors (Lipinski definition) is 0. The van der Waals surface area contributed by atoms with Gasteiger partial charge in [0.2, 0.25) is 0 Å². The highest BCUT2D eigenvalue weighted by Gasteiger charge is 2.25. The third-order valence-electron chi connectivity index (χ3n) is 5.67. The zero-order valence-electron chi connectivity index (χ0n) is 17.2. The summed E-state index contributed by atoms with van der Waals surface area (Å²) in [4.78, 5) is 4.82. The van der Waals surface area contributed by atoms with Crippen LogP contribution < -0.4 is 4.74 Å². The predicted octanol–water partition coefficient (Wildman–Crippen LogP) is 4.34. The van der Waals surface area contributed by atoms with Gasteiger partial charge in [0.1, 0.15) is 5.75 Å². The van der Waals surface area contributed by atoms with E-state index in [0.717, 1.165) is 47.4 Å². The van der Waals surface area contributed by atoms with Crippen LogP contribution in [-0.4, -0.2) is 59.9 Å². The van der Waals surface area contributed by atoms with E-state index >= 15 is 0 Å². The summed E-state index contributed by atoms with van der Waals surface area (Å²) in [5, 5.41) is 5.64. The first kappa shape index (κ1) is 20.0. The summed E-state index contributed by atoms with van der Waals surface area (Å²) in [6.07, 6.45) is 3.32. The quantitative estimate of drug-likeness (QED) is 0.605. The number of benzene rings is 2. The van der Waals surface area contributed by atoms with Crippen LogP contribution in [0.15, 0.2) is 54.7 Å². The van der Waals surface area contributed by atoms with Crippen LogP contribution in [0.1, 0.15) is 12.0 Å². The van der Waals surface area contributed by atoms with E-state index in [2.05, 4.69) is 30.1 Å². The number of likely N-dealkylation sites (tertiary alicyclic amines) is 1. The van der Waals surface area contributed by atoms with E-state index in [1.54, 1.807) is 7.11 Å². The van der Waals surface area contributed by atoms with Gasteiger partial charge in [-0.05, 0) is 57.4 Å². The summed E-state index contributed by atoms with van der Waals surface area (Å²) in [5.41, 5.74) is 4.07. The number of methoxy groups -OCH3 is 1. The third-order valence-corrected chi connectivity index (χ3v) is 6.00. The molecular formula is C23H27ClN4O. The SMILES string of the molecule is COc1ccc(-n2cc(CN(C)[C@H]3CCN(C)C3)c(-c3ccccc3Cl)n2)cc1. The summed E-state index contributed by atoms with van der Waals surface area (Å²) in [6.45, 7) is 3.08. The minimum Gasteiger partial charge on any atom is -0.497 e. The molecule has 2 aromatic carbocycles. The molecule has 1 aromatic heterocycles. The smallest absolute Gasteiger partial charge is 0.119 e. The summed E-state index contributed by atoms with van der Waals surface area (Å²) >= 11 is 6.52. The summed E-state index contributed by atoms with van der Waals surface area (Å²) < 4.78 is 7.21. The second-order valence-corrected chi connectivity index (χ2v) is 8.15. The Morgan fingerprint density at radius 1 is 1.17 bits per heavy atom. The molecule has 3 aromatic rings. The number of hydrogen-bond acceptors (Lipinski definition) is 4. The van der Waals surface area contributed by atoms with Gasteiger partial charge in [0.25, 0.3) is 0 Å². The molecule has 152 valence electrons. The first-order valence-corrected chi connectivity index (χ1v) is 10.3. The van der Waals surface area contributed by atoms with Gasteiger partial charge in [0.05, 0.1) is 23.5 Å². The van der Waals surface area contributed by atoms with E-state index in [0.29, 0.717) is 6.04 Å². The average molecular weight is 411 g/mol. The maximum Gasteiger partial charge on any atom is 0.119 e. The molecule has 0 N–H and O–H groups in total. The Balaban J connectivity index is 1.69. The highest BCUT2D eigenvalue weighted by atomic mass is 35.5. The monoisotopic (exact) mass is 410 g/mol. The number of nitrogens with zero attached hydrogens (tertiary/aromatic N) is 4. The van der Waals surface area contributed by atoms with Crippen molar-refractivity contribution in [2.24, 2.45) is 0 Å². The molecule has 29 heavy (non-hydrogen) atoms. The van der Waals surface area contributed by atoms with Crippen molar-refractivity contribution in [3.8, 4) is 22.7 Å². The second-order valence-electron chi connectivity index (χ2n) is 7.75. The molecule has 2 heterocycles. The van der Waals surface area contributed by atoms with Crippen LogP contribution >= 0.6 is 11.6 Å². The fraction of sp³-hybridized carbons (Fsp3) is 0.348. The Labute approximate surface area is 177 Å². The molecule has 5 nitrogen and oxygen atoms in total. The van der Waals surface area contributed by atoms with Crippen LogP contribution in [0, 0.1) is 0 Å². The lowest BCUT2D eigenvalue weighted by atomic mass is 10.1. The fourth-order valence-corrected chi connectivity index (χ4v) is 4.17. The van der Waals surface area contributed by atoms with Crippen molar-refractivity contribution in [3.05, 3.63) is 65.3 Å². The van der Waals surface area contributed by atoms with E-state index in [4.69, 9.17) is 21.4 Å². The number of aromatic nitrogens is 2. The molecule has 1 fully saturated rings. The lowest BCUT2D eigenvalue weighted by molar-refractivity contribution is 0.234. The van der Waals surface area contributed by atoms with Crippen LogP contribution in [0.25, 0.3) is 16.9 Å². The van der Waals surface area contributed by atoms with E-state index in [1.165, 1.54) is 12.0 Å². The molecule has 1 saturated heterocycles. The normalized spacial score (nSPS) is 17.2. The molecule has 0 aliphatic carbocycles. The molecule has 0 unspecified atom stereocenters. The Morgan fingerprint density at radius 3 is 2.59 bits per heavy atom. The van der Waals surface area contributed by atoms with E-state index in [1.807, 2.05) is 53.2 Å². The van der Waals surface area contributed by atoms with Crippen molar-refractivity contribution in [2.45, 2.75) is 19.0 Å². The van der Waals surface area contributed by atoms with Gasteiger partial charge in [0.15, 0.2) is 0 Å². The molecule has 0 spiro atoms. The van der Waals surface area contributed by atoms with Gasteiger partial charge in [0, 0.05) is 36.5 Å².